The van der Waals surface area contributed by atoms with Crippen molar-refractivity contribution in [2.75, 3.05) is 0 Å². The first-order valence-electron chi connectivity index (χ1n) is 7.55. The zero-order chi connectivity index (χ0) is 16.1. The van der Waals surface area contributed by atoms with Crippen LogP contribution in [0.5, 0.6) is 11.5 Å². The Morgan fingerprint density at radius 3 is 1.27 bits per heavy atom. The molecule has 0 aliphatic rings. The lowest BCUT2D eigenvalue weighted by molar-refractivity contribution is 0.152. The van der Waals surface area contributed by atoms with Gasteiger partial charge in [0.1, 0.15) is 11.5 Å². The van der Waals surface area contributed by atoms with Gasteiger partial charge in [0, 0.05) is 0 Å². The van der Waals surface area contributed by atoms with Crippen LogP contribution < -0.4 is 19.8 Å². The van der Waals surface area contributed by atoms with E-state index in [1.165, 1.54) is 10.4 Å². The van der Waals surface area contributed by atoms with Gasteiger partial charge in [-0.15, -0.1) is 0 Å². The predicted octanol–water partition coefficient (Wildman–Crippen LogP) is 2.65. The maximum atomic E-state index is 11.8. The molecule has 0 aromatic heterocycles. The Morgan fingerprint density at radius 1 is 0.682 bits per heavy atom. The smallest absolute Gasteiger partial charge is 0.395 e. The standard InChI is InChI=1S/C17H22O3Si2/c1-21(2)15-9-5-13(6-10-15)19-17(18)20-14-7-11-16(12-8-14)22(3)4/h5-12,21-22H,1-4H3. The molecule has 0 N–H and O–H groups in total. The number of ether oxygens (including phenoxy) is 2. The zero-order valence-electron chi connectivity index (χ0n) is 13.5. The molecule has 22 heavy (non-hydrogen) atoms. The van der Waals surface area contributed by atoms with Crippen molar-refractivity contribution in [1.29, 1.82) is 0 Å². The summed E-state index contributed by atoms with van der Waals surface area (Å²) in [5.41, 5.74) is 0. The molecule has 5 heteroatoms. The van der Waals surface area contributed by atoms with Crippen LogP contribution in [0, 0.1) is 0 Å². The van der Waals surface area contributed by atoms with Crippen molar-refractivity contribution < 1.29 is 14.3 Å². The predicted molar refractivity (Wildman–Crippen MR) is 96.6 cm³/mol. The summed E-state index contributed by atoms with van der Waals surface area (Å²) in [5.74, 6) is 1.02. The average molecular weight is 331 g/mol. The van der Waals surface area contributed by atoms with Crippen LogP contribution >= 0.6 is 0 Å². The first-order valence-corrected chi connectivity index (χ1v) is 13.3. The number of hydrogen-bond acceptors (Lipinski definition) is 3. The molecule has 2 aromatic rings. The molecule has 0 bridgehead atoms. The van der Waals surface area contributed by atoms with Gasteiger partial charge >= 0.3 is 6.16 Å². The van der Waals surface area contributed by atoms with Crippen molar-refractivity contribution in [2.45, 2.75) is 26.2 Å². The summed E-state index contributed by atoms with van der Waals surface area (Å²) in [4.78, 5) is 11.8. The molecule has 0 radical (unpaired) electrons. The fourth-order valence-corrected chi connectivity index (χ4v) is 3.98. The van der Waals surface area contributed by atoms with Crippen molar-refractivity contribution in [3.05, 3.63) is 48.5 Å². The van der Waals surface area contributed by atoms with Crippen molar-refractivity contribution in [2.24, 2.45) is 0 Å². The fraction of sp³-hybridized carbons (Fsp3) is 0.235. The van der Waals surface area contributed by atoms with E-state index in [9.17, 15) is 4.79 Å². The summed E-state index contributed by atoms with van der Waals surface area (Å²) in [6, 6.07) is 15.3. The minimum Gasteiger partial charge on any atom is -0.395 e. The summed E-state index contributed by atoms with van der Waals surface area (Å²) in [5, 5.41) is 2.68. The second-order valence-electron chi connectivity index (χ2n) is 5.90. The number of carbonyl (C=O) groups is 1. The molecule has 0 unspecified atom stereocenters. The molecule has 0 amide bonds. The first-order chi connectivity index (χ1) is 10.5. The highest BCUT2D eigenvalue weighted by Gasteiger charge is 2.09. The summed E-state index contributed by atoms with van der Waals surface area (Å²) >= 11 is 0. The number of benzene rings is 2. The monoisotopic (exact) mass is 330 g/mol. The largest absolute Gasteiger partial charge is 0.519 e. The highest BCUT2D eigenvalue weighted by Crippen LogP contribution is 2.13. The van der Waals surface area contributed by atoms with Gasteiger partial charge in [-0.25, -0.2) is 4.79 Å². The third-order valence-corrected chi connectivity index (χ3v) is 6.93. The van der Waals surface area contributed by atoms with Gasteiger partial charge in [0.2, 0.25) is 0 Å². The van der Waals surface area contributed by atoms with Crippen LogP contribution in [-0.2, 0) is 0 Å². The van der Waals surface area contributed by atoms with E-state index in [0.717, 1.165) is 0 Å². The summed E-state index contributed by atoms with van der Waals surface area (Å²) in [6.45, 7) is 9.03. The maximum absolute atomic E-state index is 11.8. The molecule has 0 aliphatic carbocycles. The molecule has 3 nitrogen and oxygen atoms in total. The third-order valence-electron chi connectivity index (χ3n) is 3.50. The van der Waals surface area contributed by atoms with Crippen LogP contribution in [0.15, 0.2) is 48.5 Å². The average Bonchev–Trinajstić information content (AvgIpc) is 2.48. The highest BCUT2D eigenvalue weighted by molar-refractivity contribution is 6.71. The SMILES string of the molecule is C[SiH](C)c1ccc(OC(=O)Oc2ccc([SiH](C)C)cc2)cc1. The van der Waals surface area contributed by atoms with Crippen molar-refractivity contribution in [3.63, 3.8) is 0 Å². The molecular weight excluding hydrogens is 308 g/mol. The van der Waals surface area contributed by atoms with Gasteiger partial charge in [-0.05, 0) is 24.3 Å². The van der Waals surface area contributed by atoms with Crippen LogP contribution in [0.4, 0.5) is 4.79 Å². The van der Waals surface area contributed by atoms with Gasteiger partial charge in [0.25, 0.3) is 0 Å². The number of hydrogen-bond donors (Lipinski definition) is 0. The summed E-state index contributed by atoms with van der Waals surface area (Å²) in [7, 11) is -1.65. The second kappa shape index (κ2) is 7.42. The van der Waals surface area contributed by atoms with Crippen LogP contribution in [0.1, 0.15) is 0 Å². The van der Waals surface area contributed by atoms with Gasteiger partial charge in [-0.1, -0.05) is 60.8 Å². The molecule has 2 rings (SSSR count). The fourth-order valence-electron chi connectivity index (χ4n) is 2.05. The van der Waals surface area contributed by atoms with E-state index in [0.29, 0.717) is 11.5 Å². The molecule has 0 saturated heterocycles. The summed E-state index contributed by atoms with van der Waals surface area (Å²) < 4.78 is 10.4. The maximum Gasteiger partial charge on any atom is 0.519 e. The lowest BCUT2D eigenvalue weighted by atomic mass is 10.3. The van der Waals surface area contributed by atoms with Crippen LogP contribution in [0.3, 0.4) is 0 Å². The minimum absolute atomic E-state index is 0.509. The second-order valence-corrected chi connectivity index (χ2v) is 11.9. The highest BCUT2D eigenvalue weighted by atomic mass is 28.3. The quantitative estimate of drug-likeness (QED) is 0.491. The Labute approximate surface area is 135 Å². The zero-order valence-corrected chi connectivity index (χ0v) is 15.8. The third kappa shape index (κ3) is 4.57. The van der Waals surface area contributed by atoms with E-state index in [4.69, 9.17) is 9.47 Å². The lowest BCUT2D eigenvalue weighted by Gasteiger charge is -2.08. The topological polar surface area (TPSA) is 35.5 Å². The Morgan fingerprint density at radius 2 is 1.00 bits per heavy atom. The van der Waals surface area contributed by atoms with Crippen molar-refractivity contribution >= 4 is 34.1 Å². The molecule has 0 fully saturated rings. The van der Waals surface area contributed by atoms with E-state index >= 15 is 0 Å². The van der Waals surface area contributed by atoms with E-state index in [2.05, 4.69) is 26.2 Å². The van der Waals surface area contributed by atoms with Crippen LogP contribution in [-0.4, -0.2) is 23.7 Å². The van der Waals surface area contributed by atoms with Crippen LogP contribution in [0.25, 0.3) is 0 Å². The number of rotatable bonds is 4. The van der Waals surface area contributed by atoms with Gasteiger partial charge in [0.05, 0.1) is 17.6 Å². The van der Waals surface area contributed by atoms with Gasteiger partial charge in [0.15, 0.2) is 0 Å². The molecule has 0 atom stereocenters. The van der Waals surface area contributed by atoms with Gasteiger partial charge in [-0.3, -0.25) is 0 Å². The molecule has 0 saturated carbocycles. The number of carbonyl (C=O) groups excluding carboxylic acids is 1. The molecular formula is C17H22O3Si2. The van der Waals surface area contributed by atoms with Gasteiger partial charge in [-0.2, -0.15) is 0 Å². The molecule has 0 aliphatic heterocycles. The van der Waals surface area contributed by atoms with Gasteiger partial charge < -0.3 is 9.47 Å². The Kier molecular flexibility index (Phi) is 5.57. The van der Waals surface area contributed by atoms with E-state index in [-0.39, 0.29) is 0 Å². The molecule has 2 aromatic carbocycles. The Bertz CT molecular complexity index is 564. The minimum atomic E-state index is -0.823. The van der Waals surface area contributed by atoms with E-state index in [1.807, 2.05) is 48.5 Å². The normalized spacial score (nSPS) is 10.8. The Hall–Kier alpha value is -1.86. The van der Waals surface area contributed by atoms with Crippen molar-refractivity contribution in [1.82, 2.24) is 0 Å². The van der Waals surface area contributed by atoms with Crippen molar-refractivity contribution in [3.8, 4) is 11.5 Å². The first kappa shape index (κ1) is 16.5. The van der Waals surface area contributed by atoms with E-state index < -0.39 is 23.7 Å². The molecule has 0 heterocycles. The Balaban J connectivity index is 1.94. The van der Waals surface area contributed by atoms with Crippen LogP contribution in [0.2, 0.25) is 26.2 Å². The molecule has 116 valence electrons. The summed E-state index contributed by atoms with van der Waals surface area (Å²) in [6.07, 6.45) is -0.705. The molecule has 0 spiro atoms. The van der Waals surface area contributed by atoms with E-state index in [1.54, 1.807) is 0 Å². The lowest BCUT2D eigenvalue weighted by Crippen LogP contribution is -2.22.